The fourth-order valence-corrected chi connectivity index (χ4v) is 4.02. The van der Waals surface area contributed by atoms with Crippen molar-refractivity contribution in [2.45, 2.75) is 31.2 Å². The molecule has 2 N–H and O–H groups in total. The SMILES string of the molecule is CCNC(=NCC1(c2cccc(Br)c2)CC1)NCC1CN(C)CCN1C. The van der Waals surface area contributed by atoms with Gasteiger partial charge in [-0.15, -0.1) is 0 Å². The number of guanidine groups is 1. The highest BCUT2D eigenvalue weighted by Crippen LogP contribution is 2.48. The molecule has 2 fully saturated rings. The zero-order valence-corrected chi connectivity index (χ0v) is 17.8. The van der Waals surface area contributed by atoms with E-state index >= 15 is 0 Å². The summed E-state index contributed by atoms with van der Waals surface area (Å²) in [6.07, 6.45) is 2.45. The molecule has 1 aromatic carbocycles. The van der Waals surface area contributed by atoms with E-state index in [0.29, 0.717) is 6.04 Å². The van der Waals surface area contributed by atoms with E-state index in [2.05, 4.69) is 81.6 Å². The molecule has 1 saturated heterocycles. The minimum atomic E-state index is 0.230. The molecule has 0 radical (unpaired) electrons. The third-order valence-electron chi connectivity index (χ3n) is 5.66. The quantitative estimate of drug-likeness (QED) is 0.546. The molecule has 5 nitrogen and oxygen atoms in total. The van der Waals surface area contributed by atoms with Gasteiger partial charge in [0.1, 0.15) is 0 Å². The molecule has 0 aromatic heterocycles. The van der Waals surface area contributed by atoms with Crippen LogP contribution in [0, 0.1) is 0 Å². The van der Waals surface area contributed by atoms with Gasteiger partial charge in [-0.2, -0.15) is 0 Å². The van der Waals surface area contributed by atoms with Crippen LogP contribution in [0.5, 0.6) is 0 Å². The Balaban J connectivity index is 1.60. The summed E-state index contributed by atoms with van der Waals surface area (Å²) in [5.41, 5.74) is 1.63. The van der Waals surface area contributed by atoms with Crippen LogP contribution < -0.4 is 10.6 Å². The molecule has 6 heteroatoms. The predicted octanol–water partition coefficient (Wildman–Crippen LogP) is 2.28. The molecule has 1 unspecified atom stereocenters. The van der Waals surface area contributed by atoms with Gasteiger partial charge in [-0.25, -0.2) is 0 Å². The molecule has 1 heterocycles. The predicted molar refractivity (Wildman–Crippen MR) is 113 cm³/mol. The zero-order chi connectivity index (χ0) is 18.6. The second kappa shape index (κ2) is 8.72. The fourth-order valence-electron chi connectivity index (χ4n) is 3.62. The van der Waals surface area contributed by atoms with Crippen LogP contribution in [0.25, 0.3) is 0 Å². The second-order valence-electron chi connectivity index (χ2n) is 7.76. The number of aliphatic imine (C=N–C) groups is 1. The highest BCUT2D eigenvalue weighted by molar-refractivity contribution is 9.10. The van der Waals surface area contributed by atoms with Crippen molar-refractivity contribution < 1.29 is 0 Å². The summed E-state index contributed by atoms with van der Waals surface area (Å²) >= 11 is 3.60. The first-order chi connectivity index (χ1) is 12.5. The monoisotopic (exact) mass is 421 g/mol. The topological polar surface area (TPSA) is 42.9 Å². The van der Waals surface area contributed by atoms with E-state index in [1.165, 1.54) is 18.4 Å². The average Bonchev–Trinajstić information content (AvgIpc) is 3.41. The van der Waals surface area contributed by atoms with Gasteiger partial charge in [-0.1, -0.05) is 28.1 Å². The van der Waals surface area contributed by atoms with E-state index in [-0.39, 0.29) is 5.41 Å². The first-order valence-corrected chi connectivity index (χ1v) is 10.5. The molecule has 1 saturated carbocycles. The van der Waals surface area contributed by atoms with E-state index in [9.17, 15) is 0 Å². The number of hydrogen-bond acceptors (Lipinski definition) is 3. The lowest BCUT2D eigenvalue weighted by atomic mass is 9.96. The molecule has 1 aromatic rings. The number of rotatable bonds is 6. The molecule has 1 aliphatic heterocycles. The van der Waals surface area contributed by atoms with Gasteiger partial charge >= 0.3 is 0 Å². The standard InChI is InChI=1S/C20H32BrN5/c1-4-22-19(23-13-18-14-25(2)10-11-26(18)3)24-15-20(8-9-20)16-6-5-7-17(21)12-16/h5-7,12,18H,4,8-11,13-15H2,1-3H3,(H2,22,23,24). The van der Waals surface area contributed by atoms with Gasteiger partial charge in [0.25, 0.3) is 0 Å². The third-order valence-corrected chi connectivity index (χ3v) is 6.15. The normalized spacial score (nSPS) is 23.7. The molecule has 0 amide bonds. The van der Waals surface area contributed by atoms with Crippen molar-refractivity contribution in [3.05, 3.63) is 34.3 Å². The van der Waals surface area contributed by atoms with Crippen molar-refractivity contribution in [2.24, 2.45) is 4.99 Å². The van der Waals surface area contributed by atoms with E-state index in [1.54, 1.807) is 0 Å². The van der Waals surface area contributed by atoms with Crippen LogP contribution in [0.3, 0.4) is 0 Å². The fraction of sp³-hybridized carbons (Fsp3) is 0.650. The smallest absolute Gasteiger partial charge is 0.191 e. The number of halogens is 1. The maximum atomic E-state index is 4.93. The lowest BCUT2D eigenvalue weighted by Crippen LogP contribution is -2.55. The number of hydrogen-bond donors (Lipinski definition) is 2. The number of piperazine rings is 1. The summed E-state index contributed by atoms with van der Waals surface area (Å²) in [6, 6.07) is 9.22. The third kappa shape index (κ3) is 4.99. The molecule has 26 heavy (non-hydrogen) atoms. The van der Waals surface area contributed by atoms with E-state index in [4.69, 9.17) is 4.99 Å². The minimum Gasteiger partial charge on any atom is -0.357 e. The minimum absolute atomic E-state index is 0.230. The molecule has 144 valence electrons. The van der Waals surface area contributed by atoms with E-state index in [1.807, 2.05) is 0 Å². The van der Waals surface area contributed by atoms with Crippen LogP contribution in [-0.4, -0.2) is 75.2 Å². The average molecular weight is 422 g/mol. The van der Waals surface area contributed by atoms with Crippen molar-refractivity contribution in [3.63, 3.8) is 0 Å². The Morgan fingerprint density at radius 3 is 2.77 bits per heavy atom. The molecular weight excluding hydrogens is 390 g/mol. The van der Waals surface area contributed by atoms with E-state index < -0.39 is 0 Å². The van der Waals surface area contributed by atoms with Gasteiger partial charge in [-0.3, -0.25) is 9.89 Å². The molecule has 1 atom stereocenters. The number of likely N-dealkylation sites (N-methyl/N-ethyl adjacent to an activating group) is 2. The van der Waals surface area contributed by atoms with Gasteiger partial charge < -0.3 is 15.5 Å². The Morgan fingerprint density at radius 2 is 2.08 bits per heavy atom. The first-order valence-electron chi connectivity index (χ1n) is 9.69. The first kappa shape index (κ1) is 19.6. The molecule has 1 aliphatic carbocycles. The Hall–Kier alpha value is -1.11. The van der Waals surface area contributed by atoms with E-state index in [0.717, 1.165) is 49.7 Å². The van der Waals surface area contributed by atoms with Crippen LogP contribution in [-0.2, 0) is 5.41 Å². The maximum Gasteiger partial charge on any atom is 0.191 e. The maximum absolute atomic E-state index is 4.93. The van der Waals surface area contributed by atoms with Crippen molar-refractivity contribution >= 4 is 21.9 Å². The van der Waals surface area contributed by atoms with Gasteiger partial charge in [-0.05, 0) is 51.6 Å². The number of benzene rings is 1. The van der Waals surface area contributed by atoms with Gasteiger partial charge in [0.05, 0.1) is 6.54 Å². The van der Waals surface area contributed by atoms with Crippen LogP contribution in [0.4, 0.5) is 0 Å². The van der Waals surface area contributed by atoms with Gasteiger partial charge in [0.2, 0.25) is 0 Å². The lowest BCUT2D eigenvalue weighted by Gasteiger charge is -2.38. The highest BCUT2D eigenvalue weighted by Gasteiger charge is 2.44. The number of nitrogens with one attached hydrogen (secondary N) is 2. The Morgan fingerprint density at radius 1 is 1.27 bits per heavy atom. The van der Waals surface area contributed by atoms with Crippen LogP contribution in [0.1, 0.15) is 25.3 Å². The second-order valence-corrected chi connectivity index (χ2v) is 8.68. The van der Waals surface area contributed by atoms with Crippen molar-refractivity contribution in [1.82, 2.24) is 20.4 Å². The molecular formula is C20H32BrN5. The van der Waals surface area contributed by atoms with Crippen molar-refractivity contribution in [2.75, 3.05) is 53.4 Å². The molecule has 0 spiro atoms. The van der Waals surface area contributed by atoms with Gasteiger partial charge in [0.15, 0.2) is 5.96 Å². The number of nitrogens with zero attached hydrogens (tertiary/aromatic N) is 3. The summed E-state index contributed by atoms with van der Waals surface area (Å²) in [4.78, 5) is 9.78. The van der Waals surface area contributed by atoms with Crippen LogP contribution in [0.2, 0.25) is 0 Å². The van der Waals surface area contributed by atoms with Crippen molar-refractivity contribution in [3.8, 4) is 0 Å². The summed E-state index contributed by atoms with van der Waals surface area (Å²) in [6.45, 7) is 8.16. The molecule has 0 bridgehead atoms. The largest absolute Gasteiger partial charge is 0.357 e. The summed E-state index contributed by atoms with van der Waals surface area (Å²) < 4.78 is 1.15. The molecule has 3 rings (SSSR count). The zero-order valence-electron chi connectivity index (χ0n) is 16.3. The van der Waals surface area contributed by atoms with Crippen LogP contribution >= 0.6 is 15.9 Å². The lowest BCUT2D eigenvalue weighted by molar-refractivity contribution is 0.116. The Bertz CT molecular complexity index is 628. The van der Waals surface area contributed by atoms with Crippen molar-refractivity contribution in [1.29, 1.82) is 0 Å². The Kier molecular flexibility index (Phi) is 6.59. The van der Waals surface area contributed by atoms with Crippen LogP contribution in [0.15, 0.2) is 33.7 Å². The van der Waals surface area contributed by atoms with Gasteiger partial charge in [0, 0.05) is 48.7 Å². The summed E-state index contributed by atoms with van der Waals surface area (Å²) in [7, 11) is 4.42. The summed E-state index contributed by atoms with van der Waals surface area (Å²) in [5.74, 6) is 0.940. The summed E-state index contributed by atoms with van der Waals surface area (Å²) in [5, 5.41) is 6.97. The molecule has 2 aliphatic rings. The Labute approximate surface area is 166 Å². The highest BCUT2D eigenvalue weighted by atomic mass is 79.9.